The molecule has 11 aromatic rings. The largest absolute Gasteiger partial charge is 0.353 e. The molecule has 0 aliphatic carbocycles. The number of unbranched alkanes of at least 4 members (excludes halogenated alkanes) is 4. The number of hydrogen-bond acceptors (Lipinski definition) is 10. The van der Waals surface area contributed by atoms with Crippen molar-refractivity contribution >= 4 is 135 Å². The molecular weight excluding hydrogens is 1310 g/mol. The van der Waals surface area contributed by atoms with Gasteiger partial charge in [-0.1, -0.05) is 186 Å². The predicted octanol–water partition coefficient (Wildman–Crippen LogP) is 19.1. The van der Waals surface area contributed by atoms with Crippen LogP contribution in [0.2, 0.25) is 0 Å². The molecule has 16 heteroatoms. The molecule has 0 spiro atoms. The third-order valence-electron chi connectivity index (χ3n) is 19.5. The number of H-pyrrole nitrogens is 2. The average Bonchev–Trinajstić information content (AvgIpc) is 1.56. The summed E-state index contributed by atoms with van der Waals surface area (Å²) in [7, 11) is 0. The molecule has 490 valence electrons. The van der Waals surface area contributed by atoms with Gasteiger partial charge in [0.2, 0.25) is 0 Å². The maximum Gasteiger partial charge on any atom is 0.261 e. The minimum absolute atomic E-state index is 0.127. The van der Waals surface area contributed by atoms with Crippen LogP contribution in [0.15, 0.2) is 191 Å². The molecule has 6 aliphatic rings. The van der Waals surface area contributed by atoms with Crippen molar-refractivity contribution in [3.8, 4) is 68.7 Å². The Balaban J connectivity index is 0.858. The fourth-order valence-corrected chi connectivity index (χ4v) is 18.2. The lowest BCUT2D eigenvalue weighted by molar-refractivity contribution is -0.124. The molecule has 6 aliphatic heterocycles. The number of benzene rings is 4. The monoisotopic (exact) mass is 1380 g/mol. The van der Waals surface area contributed by atoms with E-state index in [1.807, 2.05) is 103 Å². The molecular formula is C84H66N8O4S4. The summed E-state index contributed by atoms with van der Waals surface area (Å²) >= 11 is 6.09. The highest BCUT2D eigenvalue weighted by Crippen LogP contribution is 2.52. The first-order valence-corrected chi connectivity index (χ1v) is 37.9. The Labute approximate surface area is 595 Å². The van der Waals surface area contributed by atoms with Gasteiger partial charge in [-0.3, -0.25) is 19.2 Å². The number of amides is 4. The normalized spacial score (nSPS) is 14.8. The van der Waals surface area contributed by atoms with Crippen molar-refractivity contribution in [1.29, 1.82) is 0 Å². The highest BCUT2D eigenvalue weighted by Gasteiger charge is 2.51. The average molecular weight is 1380 g/mol. The molecule has 17 rings (SSSR count). The number of thiophene rings is 4. The van der Waals surface area contributed by atoms with Crippen LogP contribution in [0.1, 0.15) is 119 Å². The number of carbonyl (C=O) groups excluding carboxylic acids is 4. The van der Waals surface area contributed by atoms with Gasteiger partial charge in [-0.15, -0.1) is 45.3 Å². The minimum Gasteiger partial charge on any atom is -0.353 e. The van der Waals surface area contributed by atoms with Crippen molar-refractivity contribution < 1.29 is 19.2 Å². The summed E-state index contributed by atoms with van der Waals surface area (Å²) in [6, 6.07) is 53.7. The van der Waals surface area contributed by atoms with Crippen LogP contribution >= 0.6 is 45.3 Å². The van der Waals surface area contributed by atoms with E-state index in [9.17, 15) is 19.2 Å². The summed E-state index contributed by atoms with van der Waals surface area (Å²) in [6.07, 6.45) is 6.81. The molecule has 0 radical (unpaired) electrons. The van der Waals surface area contributed by atoms with E-state index in [1.54, 1.807) is 22.7 Å². The molecule has 0 saturated carbocycles. The molecule has 13 heterocycles. The Hall–Kier alpha value is -10.7. The summed E-state index contributed by atoms with van der Waals surface area (Å²) in [5, 5.41) is 7.88. The zero-order chi connectivity index (χ0) is 67.9. The van der Waals surface area contributed by atoms with Crippen LogP contribution in [0.4, 0.5) is 0 Å². The molecule has 8 bridgehead atoms. The summed E-state index contributed by atoms with van der Waals surface area (Å²) < 4.78 is 0. The standard InChI is InChI=1S/C84H66N8O4S4/c1-5-9-41-89-77(65-31-21-45-97-65)69-71(83(89)95)79(91(81(69)93)43-11-7-3)67-39-35-49(99-67)33-37-59-73-55-27-17-13-23-51(55)61(85-73)47-63-53-25-15-19-29-57(53)75(87-63)60(76-58-30-20-16-26-54(58)64(88-76)48-62-52-24-14-18-28-56(52)74(59)86-62)38-34-50-36-40-68(100-50)80-72-70(82(94)92(80)44-12-8-4)78(66-32-22-46-98-66)90(84(72)96)42-10-6-2/h13-32,35-36,39-40,45-48,85,88H,5-12,41-44H2,1-4H3. The maximum absolute atomic E-state index is 14.9. The Bertz CT molecular complexity index is 5410. The number of hydrogen-bond donors (Lipinski definition) is 2. The molecule has 0 saturated heterocycles. The van der Waals surface area contributed by atoms with Crippen LogP contribution in [0.3, 0.4) is 0 Å². The van der Waals surface area contributed by atoms with E-state index in [-0.39, 0.29) is 23.6 Å². The van der Waals surface area contributed by atoms with Gasteiger partial charge in [-0.25, -0.2) is 9.97 Å². The molecule has 7 aromatic heterocycles. The number of nitrogens with zero attached hydrogens (tertiary/aromatic N) is 6. The van der Waals surface area contributed by atoms with Gasteiger partial charge in [0.1, 0.15) is 0 Å². The fraction of sp³-hybridized carbons (Fsp3) is 0.190. The van der Waals surface area contributed by atoms with Crippen LogP contribution in [0.5, 0.6) is 0 Å². The molecule has 0 atom stereocenters. The maximum atomic E-state index is 14.9. The lowest BCUT2D eigenvalue weighted by Gasteiger charge is -2.24. The second kappa shape index (κ2) is 25.9. The van der Waals surface area contributed by atoms with Gasteiger partial charge >= 0.3 is 0 Å². The van der Waals surface area contributed by atoms with Crippen LogP contribution in [0, 0.1) is 23.7 Å². The molecule has 2 N–H and O–H groups in total. The molecule has 4 aromatic carbocycles. The van der Waals surface area contributed by atoms with Gasteiger partial charge in [0.25, 0.3) is 23.6 Å². The van der Waals surface area contributed by atoms with Crippen molar-refractivity contribution in [1.82, 2.24) is 39.5 Å². The van der Waals surface area contributed by atoms with Crippen LogP contribution < -0.4 is 0 Å². The van der Waals surface area contributed by atoms with Gasteiger partial charge in [0, 0.05) is 81.0 Å². The third-order valence-corrected chi connectivity index (χ3v) is 23.3. The number of nitrogens with one attached hydrogen (secondary N) is 2. The van der Waals surface area contributed by atoms with Gasteiger partial charge in [-0.05, 0) is 85.0 Å². The van der Waals surface area contributed by atoms with E-state index in [2.05, 4.69) is 146 Å². The predicted molar refractivity (Wildman–Crippen MR) is 408 cm³/mol. The van der Waals surface area contributed by atoms with Crippen molar-refractivity contribution in [2.24, 2.45) is 0 Å². The van der Waals surface area contributed by atoms with Gasteiger partial charge in [0.15, 0.2) is 0 Å². The lowest BCUT2D eigenvalue weighted by atomic mass is 10.0. The van der Waals surface area contributed by atoms with Gasteiger partial charge < -0.3 is 29.6 Å². The Morgan fingerprint density at radius 2 is 0.710 bits per heavy atom. The van der Waals surface area contributed by atoms with Crippen molar-refractivity contribution in [2.75, 3.05) is 26.2 Å². The Morgan fingerprint density at radius 1 is 0.370 bits per heavy atom. The lowest BCUT2D eigenvalue weighted by Crippen LogP contribution is -2.30. The Morgan fingerprint density at radius 3 is 1.06 bits per heavy atom. The first-order valence-electron chi connectivity index (χ1n) is 34.5. The van der Waals surface area contributed by atoms with E-state index in [4.69, 9.17) is 9.97 Å². The smallest absolute Gasteiger partial charge is 0.261 e. The molecule has 0 unspecified atom stereocenters. The highest BCUT2D eigenvalue weighted by atomic mass is 32.1. The van der Waals surface area contributed by atoms with Crippen molar-refractivity contribution in [3.63, 3.8) is 0 Å². The van der Waals surface area contributed by atoms with Crippen LogP contribution in [-0.2, 0) is 19.2 Å². The quantitative estimate of drug-likeness (QED) is 0.0924. The fourth-order valence-electron chi connectivity index (χ4n) is 14.8. The molecule has 0 fully saturated rings. The third kappa shape index (κ3) is 10.3. The van der Waals surface area contributed by atoms with Crippen LogP contribution in [0.25, 0.3) is 111 Å². The van der Waals surface area contributed by atoms with E-state index >= 15 is 0 Å². The van der Waals surface area contributed by atoms with Crippen LogP contribution in [-0.4, -0.2) is 89.3 Å². The summed E-state index contributed by atoms with van der Waals surface area (Å²) in [6.45, 7) is 10.5. The van der Waals surface area contributed by atoms with Crippen molar-refractivity contribution in [2.45, 2.75) is 79.1 Å². The van der Waals surface area contributed by atoms with E-state index in [0.29, 0.717) is 82.4 Å². The molecule has 4 amide bonds. The SMILES string of the molecule is CCCCN1C(=O)C2=C(c3ccc(C#Cc4c5nc(cc6[nH]c(c(C#Cc7ccc(C8=C9C(=O)N(CCCC)C(c%10cccs%10)=C9C(=O)N8CCCC)s7)c7nc(cc8[nH]c4c4ccccc84)-c4ccccc4-7)c4ccccc64)-c4ccccc4-5)s3)N(CCCC)C(=O)C2=C1c1cccs1. The summed E-state index contributed by atoms with van der Waals surface area (Å²) in [5.74, 6) is 14.2. The number of aromatic amines is 2. The molecule has 12 nitrogen and oxygen atoms in total. The molecule has 100 heavy (non-hydrogen) atoms. The second-order valence-electron chi connectivity index (χ2n) is 25.7. The summed E-state index contributed by atoms with van der Waals surface area (Å²) in [4.78, 5) is 91.0. The number of rotatable bonds is 16. The van der Waals surface area contributed by atoms with E-state index in [0.717, 1.165) is 169 Å². The zero-order valence-corrected chi connectivity index (χ0v) is 58.9. The van der Waals surface area contributed by atoms with E-state index < -0.39 is 0 Å². The number of carbonyl (C=O) groups is 4. The highest BCUT2D eigenvalue weighted by molar-refractivity contribution is 7.14. The first-order chi connectivity index (χ1) is 49.1. The minimum atomic E-state index is -0.127. The topological polar surface area (TPSA) is 139 Å². The van der Waals surface area contributed by atoms with Gasteiger partial charge in [-0.2, -0.15) is 0 Å². The number of fused-ring (bicyclic) bond motifs is 22. The van der Waals surface area contributed by atoms with Crippen molar-refractivity contribution in [3.05, 3.63) is 231 Å². The van der Waals surface area contributed by atoms with E-state index in [1.165, 1.54) is 22.7 Å². The zero-order valence-electron chi connectivity index (χ0n) is 55.6. The number of aromatic nitrogens is 4. The Kier molecular flexibility index (Phi) is 16.2. The summed E-state index contributed by atoms with van der Waals surface area (Å²) in [5.41, 5.74) is 16.1. The first kappa shape index (κ1) is 62.8. The van der Waals surface area contributed by atoms with Gasteiger partial charge in [0.05, 0.1) is 119 Å². The second-order valence-corrected chi connectivity index (χ2v) is 29.7.